The summed E-state index contributed by atoms with van der Waals surface area (Å²) >= 11 is 0. The third kappa shape index (κ3) is 3.27. The molecule has 4 rings (SSSR count). The number of rotatable bonds is 7. The van der Waals surface area contributed by atoms with E-state index in [9.17, 15) is 4.79 Å². The fourth-order valence-electron chi connectivity index (χ4n) is 3.86. The van der Waals surface area contributed by atoms with Crippen LogP contribution in [0.2, 0.25) is 0 Å². The number of anilines is 1. The first-order valence-electron chi connectivity index (χ1n) is 10.1. The third-order valence-corrected chi connectivity index (χ3v) is 5.39. The molecule has 0 aliphatic heterocycles. The Kier molecular flexibility index (Phi) is 5.31. The van der Waals surface area contributed by atoms with E-state index in [1.165, 1.54) is 0 Å². The summed E-state index contributed by atoms with van der Waals surface area (Å²) in [6, 6.07) is 11.8. The van der Waals surface area contributed by atoms with E-state index in [4.69, 9.17) is 4.98 Å². The SMILES string of the molecule is CCN(CC)CCNC(=O)c1c(NC)c2cccnc2n2c1nc1ccccc12. The van der Waals surface area contributed by atoms with E-state index >= 15 is 0 Å². The Morgan fingerprint density at radius 1 is 1.10 bits per heavy atom. The van der Waals surface area contributed by atoms with Crippen molar-refractivity contribution in [3.63, 3.8) is 0 Å². The standard InChI is InChI=1S/C22H26N6O/c1-4-27(5-2)14-13-25-22(29)18-19(23-3)15-9-8-12-24-20(15)28-17-11-7-6-10-16(17)26-21(18)28/h6-12,23H,4-5,13-14H2,1-3H3,(H,25,29). The number of likely N-dealkylation sites (N-methyl/N-ethyl adjacent to an activating group) is 1. The average molecular weight is 390 g/mol. The zero-order valence-electron chi connectivity index (χ0n) is 17.1. The Morgan fingerprint density at radius 3 is 2.66 bits per heavy atom. The van der Waals surface area contributed by atoms with Crippen LogP contribution in [-0.4, -0.2) is 58.4 Å². The number of amides is 1. The van der Waals surface area contributed by atoms with Crippen LogP contribution in [0, 0.1) is 0 Å². The number of imidazole rings is 1. The van der Waals surface area contributed by atoms with E-state index in [0.717, 1.165) is 47.4 Å². The fourth-order valence-corrected chi connectivity index (χ4v) is 3.86. The lowest BCUT2D eigenvalue weighted by atomic mass is 10.1. The highest BCUT2D eigenvalue weighted by molar-refractivity contribution is 6.13. The van der Waals surface area contributed by atoms with Gasteiger partial charge in [-0.1, -0.05) is 26.0 Å². The average Bonchev–Trinajstić information content (AvgIpc) is 3.15. The predicted molar refractivity (Wildman–Crippen MR) is 118 cm³/mol. The van der Waals surface area contributed by atoms with Crippen molar-refractivity contribution in [2.45, 2.75) is 13.8 Å². The summed E-state index contributed by atoms with van der Waals surface area (Å²) in [6.07, 6.45) is 1.76. The topological polar surface area (TPSA) is 74.6 Å². The van der Waals surface area contributed by atoms with Crippen molar-refractivity contribution < 1.29 is 4.79 Å². The number of hydrogen-bond donors (Lipinski definition) is 2. The number of fused-ring (bicyclic) bond motifs is 5. The molecule has 1 amide bonds. The molecular formula is C22H26N6O. The second kappa shape index (κ2) is 8.05. The van der Waals surface area contributed by atoms with Crippen molar-refractivity contribution in [1.82, 2.24) is 24.6 Å². The molecule has 4 aromatic rings. The van der Waals surface area contributed by atoms with Crippen molar-refractivity contribution in [2.75, 3.05) is 38.5 Å². The summed E-state index contributed by atoms with van der Waals surface area (Å²) in [5, 5.41) is 7.18. The number of nitrogens with zero attached hydrogens (tertiary/aromatic N) is 4. The van der Waals surface area contributed by atoms with Crippen LogP contribution in [-0.2, 0) is 0 Å². The van der Waals surface area contributed by atoms with Crippen LogP contribution in [0.3, 0.4) is 0 Å². The Hall–Kier alpha value is -3.19. The molecule has 29 heavy (non-hydrogen) atoms. The molecule has 0 fully saturated rings. The van der Waals surface area contributed by atoms with Gasteiger partial charge in [-0.25, -0.2) is 9.97 Å². The minimum Gasteiger partial charge on any atom is -0.387 e. The molecule has 0 radical (unpaired) electrons. The molecule has 7 nitrogen and oxygen atoms in total. The minimum absolute atomic E-state index is 0.132. The van der Waals surface area contributed by atoms with E-state index in [1.807, 2.05) is 47.8 Å². The van der Waals surface area contributed by atoms with Crippen LogP contribution in [0.1, 0.15) is 24.2 Å². The van der Waals surface area contributed by atoms with Gasteiger partial charge in [0.2, 0.25) is 0 Å². The van der Waals surface area contributed by atoms with Gasteiger partial charge in [0.1, 0.15) is 11.2 Å². The molecule has 0 bridgehead atoms. The molecule has 0 saturated heterocycles. The zero-order valence-corrected chi connectivity index (χ0v) is 17.1. The maximum atomic E-state index is 13.3. The molecule has 150 valence electrons. The number of pyridine rings is 2. The van der Waals surface area contributed by atoms with Crippen molar-refractivity contribution in [1.29, 1.82) is 0 Å². The largest absolute Gasteiger partial charge is 0.387 e. The Bertz CT molecular complexity index is 1180. The molecule has 0 saturated carbocycles. The lowest BCUT2D eigenvalue weighted by Crippen LogP contribution is -2.35. The van der Waals surface area contributed by atoms with Crippen molar-refractivity contribution in [3.8, 4) is 0 Å². The first-order chi connectivity index (χ1) is 14.2. The molecule has 3 heterocycles. The van der Waals surface area contributed by atoms with Gasteiger partial charge in [0, 0.05) is 31.7 Å². The molecule has 0 aliphatic carbocycles. The lowest BCUT2D eigenvalue weighted by Gasteiger charge is -2.19. The van der Waals surface area contributed by atoms with E-state index < -0.39 is 0 Å². The van der Waals surface area contributed by atoms with Gasteiger partial charge in [0.25, 0.3) is 5.91 Å². The molecular weight excluding hydrogens is 364 g/mol. The van der Waals surface area contributed by atoms with Gasteiger partial charge in [0.15, 0.2) is 5.65 Å². The summed E-state index contributed by atoms with van der Waals surface area (Å²) in [4.78, 5) is 24.9. The number of nitrogens with one attached hydrogen (secondary N) is 2. The smallest absolute Gasteiger partial charge is 0.257 e. The van der Waals surface area contributed by atoms with Crippen LogP contribution in [0.5, 0.6) is 0 Å². The van der Waals surface area contributed by atoms with E-state index in [0.29, 0.717) is 17.8 Å². The van der Waals surface area contributed by atoms with Gasteiger partial charge in [-0.3, -0.25) is 9.20 Å². The van der Waals surface area contributed by atoms with Crippen LogP contribution in [0.15, 0.2) is 42.6 Å². The molecule has 7 heteroatoms. The Morgan fingerprint density at radius 2 is 1.90 bits per heavy atom. The van der Waals surface area contributed by atoms with Gasteiger partial charge in [-0.2, -0.15) is 0 Å². The van der Waals surface area contributed by atoms with E-state index in [1.54, 1.807) is 6.20 Å². The summed E-state index contributed by atoms with van der Waals surface area (Å²) in [5.41, 5.74) is 4.46. The zero-order chi connectivity index (χ0) is 20.4. The van der Waals surface area contributed by atoms with Crippen LogP contribution in [0.25, 0.3) is 27.7 Å². The number of aromatic nitrogens is 3. The maximum absolute atomic E-state index is 13.3. The van der Waals surface area contributed by atoms with Gasteiger partial charge in [-0.15, -0.1) is 0 Å². The minimum atomic E-state index is -0.132. The van der Waals surface area contributed by atoms with Crippen molar-refractivity contribution in [3.05, 3.63) is 48.2 Å². The van der Waals surface area contributed by atoms with Gasteiger partial charge >= 0.3 is 0 Å². The normalized spacial score (nSPS) is 11.6. The van der Waals surface area contributed by atoms with Gasteiger partial charge in [0.05, 0.1) is 16.7 Å². The maximum Gasteiger partial charge on any atom is 0.257 e. The number of hydrogen-bond acceptors (Lipinski definition) is 5. The molecule has 0 unspecified atom stereocenters. The van der Waals surface area contributed by atoms with E-state index in [-0.39, 0.29) is 5.91 Å². The second-order valence-electron chi connectivity index (χ2n) is 6.92. The number of carbonyl (C=O) groups excluding carboxylic acids is 1. The summed E-state index contributed by atoms with van der Waals surface area (Å²) in [5.74, 6) is -0.132. The highest BCUT2D eigenvalue weighted by Gasteiger charge is 2.23. The fraction of sp³-hybridized carbons (Fsp3) is 0.318. The quantitative estimate of drug-likeness (QED) is 0.507. The number of para-hydroxylation sites is 2. The third-order valence-electron chi connectivity index (χ3n) is 5.39. The monoisotopic (exact) mass is 390 g/mol. The van der Waals surface area contributed by atoms with E-state index in [2.05, 4.69) is 34.4 Å². The second-order valence-corrected chi connectivity index (χ2v) is 6.92. The van der Waals surface area contributed by atoms with Crippen LogP contribution >= 0.6 is 0 Å². The van der Waals surface area contributed by atoms with Crippen molar-refractivity contribution in [2.24, 2.45) is 0 Å². The summed E-state index contributed by atoms with van der Waals surface area (Å²) < 4.78 is 1.98. The highest BCUT2D eigenvalue weighted by Crippen LogP contribution is 2.32. The van der Waals surface area contributed by atoms with Gasteiger partial charge in [-0.05, 0) is 37.4 Å². The number of benzene rings is 1. The first kappa shape index (κ1) is 19.1. The first-order valence-corrected chi connectivity index (χ1v) is 10.1. The molecule has 1 aromatic carbocycles. The molecule has 2 N–H and O–H groups in total. The van der Waals surface area contributed by atoms with Crippen molar-refractivity contribution >= 4 is 39.3 Å². The summed E-state index contributed by atoms with van der Waals surface area (Å²) in [7, 11) is 1.83. The Labute approximate surface area is 169 Å². The van der Waals surface area contributed by atoms with Gasteiger partial charge < -0.3 is 15.5 Å². The summed E-state index contributed by atoms with van der Waals surface area (Å²) in [6.45, 7) is 7.58. The highest BCUT2D eigenvalue weighted by atomic mass is 16.1. The predicted octanol–water partition coefficient (Wildman–Crippen LogP) is 3.15. The van der Waals surface area contributed by atoms with Crippen LogP contribution in [0.4, 0.5) is 5.69 Å². The Balaban J connectivity index is 1.88. The lowest BCUT2D eigenvalue weighted by molar-refractivity contribution is 0.0951. The molecule has 0 spiro atoms. The molecule has 0 atom stereocenters. The van der Waals surface area contributed by atoms with Crippen LogP contribution < -0.4 is 10.6 Å². The number of carbonyl (C=O) groups is 1. The molecule has 0 aliphatic rings. The molecule has 3 aromatic heterocycles.